The molecule has 5 nitrogen and oxygen atoms in total. The lowest BCUT2D eigenvalue weighted by Gasteiger charge is -2.07. The van der Waals surface area contributed by atoms with E-state index in [9.17, 15) is 13.7 Å². The molecular weight excluding hydrogens is 431 g/mol. The summed E-state index contributed by atoms with van der Waals surface area (Å²) in [6.07, 6.45) is 2.96. The fraction of sp³-hybridized carbons (Fsp3) is 0.0476. The Morgan fingerprint density at radius 2 is 1.86 bits per heavy atom. The minimum absolute atomic E-state index is 0.00572. The van der Waals surface area contributed by atoms with E-state index in [-0.39, 0.29) is 14.9 Å². The molecule has 0 N–H and O–H groups in total. The quantitative estimate of drug-likeness (QED) is 0.481. The molecule has 0 unspecified atom stereocenters. The smallest absolute Gasteiger partial charge is 0.218 e. The maximum absolute atomic E-state index is 12.8. The molecule has 0 fully saturated rings. The van der Waals surface area contributed by atoms with Crippen molar-refractivity contribution in [3.63, 3.8) is 0 Å². The minimum atomic E-state index is -4.11. The molecule has 0 spiro atoms. The molecule has 2 aromatic carbocycles. The van der Waals surface area contributed by atoms with Gasteiger partial charge in [-0.05, 0) is 54.1 Å². The van der Waals surface area contributed by atoms with Crippen LogP contribution in [0.15, 0.2) is 76.7 Å². The maximum atomic E-state index is 12.8. The third-order valence-corrected chi connectivity index (χ3v) is 6.25. The lowest BCUT2D eigenvalue weighted by Crippen LogP contribution is -2.04. The van der Waals surface area contributed by atoms with E-state index in [1.165, 1.54) is 24.3 Å². The second kappa shape index (κ2) is 9.10. The number of allylic oxidation sites excluding steroid dienone is 1. The number of rotatable bonds is 6. The molecule has 0 bridgehead atoms. The molecular formula is C21H14Cl2N2O3S. The van der Waals surface area contributed by atoms with Gasteiger partial charge in [0.05, 0.1) is 15.6 Å². The third-order valence-electron chi connectivity index (χ3n) is 3.87. The molecule has 3 aromatic rings. The van der Waals surface area contributed by atoms with Crippen LogP contribution in [0.4, 0.5) is 0 Å². The van der Waals surface area contributed by atoms with Gasteiger partial charge < -0.3 is 4.74 Å². The number of hydrogen-bond acceptors (Lipinski definition) is 5. The van der Waals surface area contributed by atoms with Crippen molar-refractivity contribution in [2.45, 2.75) is 11.5 Å². The summed E-state index contributed by atoms with van der Waals surface area (Å²) in [5.74, 6) is 0.590. The van der Waals surface area contributed by atoms with E-state index >= 15 is 0 Å². The number of hydrogen-bond donors (Lipinski definition) is 0. The van der Waals surface area contributed by atoms with Crippen LogP contribution >= 0.6 is 23.2 Å². The van der Waals surface area contributed by atoms with E-state index in [0.717, 1.165) is 5.69 Å². The topological polar surface area (TPSA) is 80.0 Å². The van der Waals surface area contributed by atoms with Gasteiger partial charge in [0.1, 0.15) is 23.3 Å². The number of nitriles is 1. The van der Waals surface area contributed by atoms with Gasteiger partial charge >= 0.3 is 0 Å². The zero-order chi connectivity index (χ0) is 20.9. The number of halogens is 2. The number of pyridine rings is 1. The second-order valence-corrected chi connectivity index (χ2v) is 8.61. The van der Waals surface area contributed by atoms with E-state index in [0.29, 0.717) is 17.9 Å². The molecule has 29 heavy (non-hydrogen) atoms. The van der Waals surface area contributed by atoms with Gasteiger partial charge in [-0.25, -0.2) is 8.42 Å². The summed E-state index contributed by atoms with van der Waals surface area (Å²) in [6, 6.07) is 18.0. The first-order valence-corrected chi connectivity index (χ1v) is 10.6. The summed E-state index contributed by atoms with van der Waals surface area (Å²) in [6.45, 7) is 0.307. The summed E-state index contributed by atoms with van der Waals surface area (Å²) in [5, 5.41) is 9.61. The Morgan fingerprint density at radius 3 is 2.52 bits per heavy atom. The fourth-order valence-corrected chi connectivity index (χ4v) is 4.34. The SMILES string of the molecule is N#C/C(=C\c1ccc(OCc2ccccn2)cc1)S(=O)(=O)c1cc(Cl)ccc1Cl. The number of sulfone groups is 1. The van der Waals surface area contributed by atoms with E-state index in [2.05, 4.69) is 4.98 Å². The van der Waals surface area contributed by atoms with Crippen molar-refractivity contribution in [2.75, 3.05) is 0 Å². The molecule has 3 rings (SSSR count). The van der Waals surface area contributed by atoms with Crippen LogP contribution in [0.1, 0.15) is 11.3 Å². The van der Waals surface area contributed by atoms with Crippen molar-refractivity contribution >= 4 is 39.1 Å². The molecule has 8 heteroatoms. The average molecular weight is 445 g/mol. The van der Waals surface area contributed by atoms with Gasteiger partial charge in [-0.1, -0.05) is 41.4 Å². The zero-order valence-corrected chi connectivity index (χ0v) is 17.2. The van der Waals surface area contributed by atoms with Crippen LogP contribution in [0.5, 0.6) is 5.75 Å². The van der Waals surface area contributed by atoms with Crippen LogP contribution < -0.4 is 4.74 Å². The highest BCUT2D eigenvalue weighted by Gasteiger charge is 2.24. The van der Waals surface area contributed by atoms with Gasteiger partial charge in [-0.3, -0.25) is 4.98 Å². The van der Waals surface area contributed by atoms with Crippen molar-refractivity contribution in [1.29, 1.82) is 5.26 Å². The van der Waals surface area contributed by atoms with Crippen LogP contribution in [0.25, 0.3) is 6.08 Å². The van der Waals surface area contributed by atoms with Gasteiger partial charge in [0.2, 0.25) is 9.84 Å². The second-order valence-electron chi connectivity index (χ2n) is 5.88. The monoisotopic (exact) mass is 444 g/mol. The predicted octanol–water partition coefficient (Wildman–Crippen LogP) is 5.31. The Morgan fingerprint density at radius 1 is 1.10 bits per heavy atom. The van der Waals surface area contributed by atoms with Crippen molar-refractivity contribution in [3.8, 4) is 11.8 Å². The summed E-state index contributed by atoms with van der Waals surface area (Å²) in [7, 11) is -4.11. The van der Waals surface area contributed by atoms with Gasteiger partial charge in [0.15, 0.2) is 0 Å². The number of benzene rings is 2. The zero-order valence-electron chi connectivity index (χ0n) is 14.9. The van der Waals surface area contributed by atoms with E-state index in [4.69, 9.17) is 27.9 Å². The molecule has 0 saturated carbocycles. The first kappa shape index (κ1) is 20.9. The summed E-state index contributed by atoms with van der Waals surface area (Å²) < 4.78 is 31.2. The Balaban J connectivity index is 1.82. The first-order chi connectivity index (χ1) is 13.9. The largest absolute Gasteiger partial charge is 0.487 e. The first-order valence-electron chi connectivity index (χ1n) is 8.35. The molecule has 1 heterocycles. The molecule has 0 aliphatic heterocycles. The average Bonchev–Trinajstić information content (AvgIpc) is 2.73. The fourth-order valence-electron chi connectivity index (χ4n) is 2.42. The van der Waals surface area contributed by atoms with E-state index in [1.54, 1.807) is 36.5 Å². The molecule has 0 amide bonds. The van der Waals surface area contributed by atoms with Crippen molar-refractivity contribution < 1.29 is 13.2 Å². The van der Waals surface area contributed by atoms with Crippen molar-refractivity contribution in [1.82, 2.24) is 4.98 Å². The van der Waals surface area contributed by atoms with E-state index in [1.807, 2.05) is 18.2 Å². The van der Waals surface area contributed by atoms with Crippen LogP contribution in [0.3, 0.4) is 0 Å². The summed E-state index contributed by atoms with van der Waals surface area (Å²) in [4.78, 5) is 3.52. The molecule has 146 valence electrons. The number of nitrogens with zero attached hydrogens (tertiary/aromatic N) is 2. The molecule has 0 atom stereocenters. The van der Waals surface area contributed by atoms with Crippen LogP contribution in [-0.2, 0) is 16.4 Å². The van der Waals surface area contributed by atoms with Crippen LogP contribution in [0, 0.1) is 11.3 Å². The lowest BCUT2D eigenvalue weighted by atomic mass is 10.2. The normalized spacial score (nSPS) is 11.7. The highest BCUT2D eigenvalue weighted by Crippen LogP contribution is 2.30. The predicted molar refractivity (Wildman–Crippen MR) is 112 cm³/mol. The minimum Gasteiger partial charge on any atom is -0.487 e. The van der Waals surface area contributed by atoms with Gasteiger partial charge in [0.25, 0.3) is 0 Å². The highest BCUT2D eigenvalue weighted by molar-refractivity contribution is 7.95. The van der Waals surface area contributed by atoms with Gasteiger partial charge in [-0.2, -0.15) is 5.26 Å². The Kier molecular flexibility index (Phi) is 6.55. The number of aromatic nitrogens is 1. The van der Waals surface area contributed by atoms with Crippen molar-refractivity contribution in [2.24, 2.45) is 0 Å². The van der Waals surface area contributed by atoms with Gasteiger partial charge in [-0.15, -0.1) is 0 Å². The molecule has 0 aliphatic rings. The Hall–Kier alpha value is -2.85. The standard InChI is InChI=1S/C21H14Cl2N2O3S/c22-16-6-9-20(23)21(12-16)29(26,27)19(13-24)11-15-4-7-18(8-5-15)28-14-17-3-1-2-10-25-17/h1-12H,14H2/b19-11+. The lowest BCUT2D eigenvalue weighted by molar-refractivity contribution is 0.301. The van der Waals surface area contributed by atoms with E-state index < -0.39 is 14.7 Å². The van der Waals surface area contributed by atoms with Crippen LogP contribution in [-0.4, -0.2) is 13.4 Å². The molecule has 0 saturated heterocycles. The van der Waals surface area contributed by atoms with Crippen molar-refractivity contribution in [3.05, 3.63) is 93.1 Å². The Bertz CT molecular complexity index is 1190. The summed E-state index contributed by atoms with van der Waals surface area (Å²) >= 11 is 11.9. The molecule has 0 radical (unpaired) electrons. The molecule has 1 aromatic heterocycles. The highest BCUT2D eigenvalue weighted by atomic mass is 35.5. The summed E-state index contributed by atoms with van der Waals surface area (Å²) in [5.41, 5.74) is 1.31. The third kappa shape index (κ3) is 5.15. The Labute approximate surface area is 178 Å². The van der Waals surface area contributed by atoms with Crippen LogP contribution in [0.2, 0.25) is 10.0 Å². The maximum Gasteiger partial charge on any atom is 0.218 e. The number of ether oxygens (including phenoxy) is 1. The van der Waals surface area contributed by atoms with Gasteiger partial charge in [0, 0.05) is 11.2 Å². The molecule has 0 aliphatic carbocycles.